The summed E-state index contributed by atoms with van der Waals surface area (Å²) < 4.78 is 12.5. The van der Waals surface area contributed by atoms with Crippen LogP contribution in [0.25, 0.3) is 33.7 Å². The van der Waals surface area contributed by atoms with Gasteiger partial charge in [-0.05, 0) is 30.3 Å². The van der Waals surface area contributed by atoms with Gasteiger partial charge < -0.3 is 18.8 Å². The van der Waals surface area contributed by atoms with Crippen molar-refractivity contribution >= 4 is 22.7 Å². The van der Waals surface area contributed by atoms with Gasteiger partial charge in [-0.3, -0.25) is 0 Å². The number of benzene rings is 2. The van der Waals surface area contributed by atoms with Gasteiger partial charge in [0.2, 0.25) is 11.7 Å². The monoisotopic (exact) mass is 418 g/mol. The predicted octanol–water partition coefficient (Wildman–Crippen LogP) is 4.31. The first-order valence-electron chi connectivity index (χ1n) is 9.28. The van der Waals surface area contributed by atoms with E-state index in [1.54, 1.807) is 7.11 Å². The van der Waals surface area contributed by atoms with Gasteiger partial charge in [-0.2, -0.15) is 4.98 Å². The average molecular weight is 418 g/mol. The van der Waals surface area contributed by atoms with E-state index in [4.69, 9.17) is 9.26 Å². The molecule has 0 saturated carbocycles. The first-order chi connectivity index (χ1) is 14.7. The molecule has 0 aliphatic rings. The third kappa shape index (κ3) is 3.33. The molecule has 0 atom stereocenters. The lowest BCUT2D eigenvalue weighted by atomic mass is 10.1. The molecule has 5 aromatic rings. The van der Waals surface area contributed by atoms with Crippen molar-refractivity contribution in [1.82, 2.24) is 29.9 Å². The van der Waals surface area contributed by atoms with Crippen LogP contribution in [0.5, 0.6) is 5.75 Å². The minimum absolute atomic E-state index is 0.503. The summed E-state index contributed by atoms with van der Waals surface area (Å²) in [7, 11) is 3.59. The number of rotatable bonds is 6. The molecule has 150 valence electrons. The van der Waals surface area contributed by atoms with Crippen LogP contribution in [-0.4, -0.2) is 37.0 Å². The first kappa shape index (κ1) is 18.4. The first-order valence-corrected chi connectivity index (χ1v) is 10.3. The van der Waals surface area contributed by atoms with E-state index in [9.17, 15) is 0 Å². The lowest BCUT2D eigenvalue weighted by molar-refractivity contribution is 0.391. The fourth-order valence-corrected chi connectivity index (χ4v) is 3.98. The molecule has 0 bridgehead atoms. The Bertz CT molecular complexity index is 1300. The minimum Gasteiger partial charge on any atom is -0.497 e. The van der Waals surface area contributed by atoms with E-state index >= 15 is 0 Å². The lowest BCUT2D eigenvalue weighted by Crippen LogP contribution is -1.94. The molecule has 3 aromatic heterocycles. The Kier molecular flexibility index (Phi) is 4.72. The van der Waals surface area contributed by atoms with Crippen molar-refractivity contribution in [2.75, 3.05) is 7.11 Å². The highest BCUT2D eigenvalue weighted by atomic mass is 32.2. The highest BCUT2D eigenvalue weighted by Gasteiger charge is 2.16. The lowest BCUT2D eigenvalue weighted by Gasteiger charge is -2.02. The van der Waals surface area contributed by atoms with Crippen molar-refractivity contribution in [3.8, 4) is 28.5 Å². The maximum atomic E-state index is 5.40. The van der Waals surface area contributed by atoms with E-state index in [0.717, 1.165) is 38.8 Å². The number of nitrogens with one attached hydrogen (secondary N) is 1. The van der Waals surface area contributed by atoms with Gasteiger partial charge >= 0.3 is 0 Å². The van der Waals surface area contributed by atoms with Crippen LogP contribution in [0.3, 0.4) is 0 Å². The molecule has 8 nitrogen and oxygen atoms in total. The average Bonchev–Trinajstić information content (AvgIpc) is 3.51. The molecular formula is C21H18N6O2S. The van der Waals surface area contributed by atoms with Crippen molar-refractivity contribution in [1.29, 1.82) is 0 Å². The molecular weight excluding hydrogens is 400 g/mol. The molecule has 0 fully saturated rings. The Balaban J connectivity index is 1.32. The number of nitrogens with zero attached hydrogens (tertiary/aromatic N) is 5. The van der Waals surface area contributed by atoms with Gasteiger partial charge in [-0.25, -0.2) is 0 Å². The smallest absolute Gasteiger partial charge is 0.237 e. The van der Waals surface area contributed by atoms with Crippen LogP contribution in [0.15, 0.2) is 64.4 Å². The fourth-order valence-electron chi connectivity index (χ4n) is 3.23. The highest BCUT2D eigenvalue weighted by Crippen LogP contribution is 2.30. The zero-order valence-electron chi connectivity index (χ0n) is 16.4. The van der Waals surface area contributed by atoms with Crippen LogP contribution < -0.4 is 4.74 Å². The largest absolute Gasteiger partial charge is 0.497 e. The molecule has 0 aliphatic heterocycles. The molecule has 3 heterocycles. The molecule has 0 saturated heterocycles. The van der Waals surface area contributed by atoms with Crippen LogP contribution in [0.4, 0.5) is 0 Å². The topological polar surface area (TPSA) is 94.7 Å². The van der Waals surface area contributed by atoms with Gasteiger partial charge in [0.15, 0.2) is 11.0 Å². The van der Waals surface area contributed by atoms with Crippen molar-refractivity contribution < 1.29 is 9.26 Å². The summed E-state index contributed by atoms with van der Waals surface area (Å²) in [5.41, 5.74) is 2.96. The zero-order valence-corrected chi connectivity index (χ0v) is 17.2. The van der Waals surface area contributed by atoms with E-state index < -0.39 is 0 Å². The number of ether oxygens (including phenoxy) is 1. The standard InChI is InChI=1S/C21H18N6O2S/c1-27-20(16-11-22-17-6-4-3-5-15(16)17)24-25-21(27)30-12-18-23-19(26-29-18)13-7-9-14(28-2)10-8-13/h3-11,22H,12H2,1-2H3. The summed E-state index contributed by atoms with van der Waals surface area (Å²) in [6, 6.07) is 15.7. The summed E-state index contributed by atoms with van der Waals surface area (Å²) in [5.74, 6) is 3.17. The van der Waals surface area contributed by atoms with Crippen LogP contribution >= 0.6 is 11.8 Å². The second-order valence-electron chi connectivity index (χ2n) is 6.64. The third-order valence-electron chi connectivity index (χ3n) is 4.81. The molecule has 0 amide bonds. The van der Waals surface area contributed by atoms with Crippen LogP contribution in [0.2, 0.25) is 0 Å². The zero-order chi connectivity index (χ0) is 20.5. The summed E-state index contributed by atoms with van der Waals surface area (Å²) >= 11 is 1.50. The van der Waals surface area contributed by atoms with Gasteiger partial charge in [0.05, 0.1) is 12.9 Å². The van der Waals surface area contributed by atoms with Crippen LogP contribution in [-0.2, 0) is 12.8 Å². The Labute approximate surface area is 176 Å². The number of aromatic nitrogens is 6. The number of para-hydroxylation sites is 1. The summed E-state index contributed by atoms with van der Waals surface area (Å²) in [4.78, 5) is 7.75. The SMILES string of the molecule is COc1ccc(-c2noc(CSc3nnc(-c4c[nH]c5ccccc45)n3C)n2)cc1. The van der Waals surface area contributed by atoms with Crippen LogP contribution in [0.1, 0.15) is 5.89 Å². The maximum absolute atomic E-state index is 5.40. The van der Waals surface area contributed by atoms with E-state index in [1.807, 2.05) is 60.3 Å². The molecule has 0 radical (unpaired) electrons. The van der Waals surface area contributed by atoms with Gasteiger partial charge in [0.25, 0.3) is 0 Å². The van der Waals surface area contributed by atoms with E-state index in [0.29, 0.717) is 17.5 Å². The molecule has 9 heteroatoms. The highest BCUT2D eigenvalue weighted by molar-refractivity contribution is 7.98. The van der Waals surface area contributed by atoms with Crippen molar-refractivity contribution in [2.45, 2.75) is 10.9 Å². The molecule has 0 spiro atoms. The Morgan fingerprint density at radius 3 is 2.77 bits per heavy atom. The minimum atomic E-state index is 0.503. The van der Waals surface area contributed by atoms with Gasteiger partial charge in [-0.1, -0.05) is 35.1 Å². The number of thioether (sulfide) groups is 1. The fraction of sp³-hybridized carbons (Fsp3) is 0.143. The number of aromatic amines is 1. The molecule has 0 aliphatic carbocycles. The quantitative estimate of drug-likeness (QED) is 0.411. The summed E-state index contributed by atoms with van der Waals surface area (Å²) in [5, 5.41) is 14.7. The van der Waals surface area contributed by atoms with Gasteiger partial charge in [0.1, 0.15) is 5.75 Å². The number of hydrogen-bond acceptors (Lipinski definition) is 7. The molecule has 30 heavy (non-hydrogen) atoms. The Morgan fingerprint density at radius 2 is 1.93 bits per heavy atom. The van der Waals surface area contributed by atoms with E-state index in [2.05, 4.69) is 31.4 Å². The molecule has 2 aromatic carbocycles. The summed E-state index contributed by atoms with van der Waals surface area (Å²) in [6.45, 7) is 0. The number of hydrogen-bond donors (Lipinski definition) is 1. The second-order valence-corrected chi connectivity index (χ2v) is 7.58. The molecule has 1 N–H and O–H groups in total. The van der Waals surface area contributed by atoms with E-state index in [-0.39, 0.29) is 0 Å². The van der Waals surface area contributed by atoms with Crippen LogP contribution in [0, 0.1) is 0 Å². The number of methoxy groups -OCH3 is 1. The van der Waals surface area contributed by atoms with Gasteiger partial charge in [0, 0.05) is 35.3 Å². The third-order valence-corrected chi connectivity index (χ3v) is 5.81. The molecule has 5 rings (SSSR count). The maximum Gasteiger partial charge on any atom is 0.237 e. The number of H-pyrrole nitrogens is 1. The molecule has 0 unspecified atom stereocenters. The Morgan fingerprint density at radius 1 is 1.10 bits per heavy atom. The van der Waals surface area contributed by atoms with Crippen molar-refractivity contribution in [3.63, 3.8) is 0 Å². The van der Waals surface area contributed by atoms with Crippen molar-refractivity contribution in [2.24, 2.45) is 7.05 Å². The second kappa shape index (κ2) is 7.68. The van der Waals surface area contributed by atoms with Crippen molar-refractivity contribution in [3.05, 3.63) is 60.6 Å². The summed E-state index contributed by atoms with van der Waals surface area (Å²) in [6.07, 6.45) is 1.96. The normalized spacial score (nSPS) is 11.3. The van der Waals surface area contributed by atoms with E-state index in [1.165, 1.54) is 11.8 Å². The predicted molar refractivity (Wildman–Crippen MR) is 114 cm³/mol. The van der Waals surface area contributed by atoms with Gasteiger partial charge in [-0.15, -0.1) is 10.2 Å². The number of fused-ring (bicyclic) bond motifs is 1. The Hall–Kier alpha value is -3.59.